The minimum atomic E-state index is -4.57. The van der Waals surface area contributed by atoms with Gasteiger partial charge in [-0.3, -0.25) is 4.79 Å². The van der Waals surface area contributed by atoms with E-state index in [0.717, 1.165) is 25.5 Å². The molecule has 0 bridgehead atoms. The van der Waals surface area contributed by atoms with E-state index < -0.39 is 29.9 Å². The quantitative estimate of drug-likeness (QED) is 0.410. The Bertz CT molecular complexity index is 1160. The van der Waals surface area contributed by atoms with Gasteiger partial charge in [-0.1, -0.05) is 13.0 Å². The average molecular weight is 588 g/mol. The monoisotopic (exact) mass is 587 g/mol. The Labute approximate surface area is 237 Å². The molecule has 0 aromatic carbocycles. The largest absolute Gasteiger partial charge is 0.444 e. The van der Waals surface area contributed by atoms with E-state index >= 15 is 0 Å². The Morgan fingerprint density at radius 2 is 1.76 bits per heavy atom. The summed E-state index contributed by atoms with van der Waals surface area (Å²) < 4.78 is 67.6. The molecule has 2 aliphatic heterocycles. The summed E-state index contributed by atoms with van der Waals surface area (Å²) in [6.45, 7) is 11.0. The van der Waals surface area contributed by atoms with Gasteiger partial charge in [-0.25, -0.2) is 23.6 Å². The zero-order valence-corrected chi connectivity index (χ0v) is 24.2. The number of aliphatic imine (C=N–C) groups is 1. The van der Waals surface area contributed by atoms with Crippen LogP contribution in [0.15, 0.2) is 35.0 Å². The number of alkyl halides is 5. The summed E-state index contributed by atoms with van der Waals surface area (Å²) >= 11 is 0. The summed E-state index contributed by atoms with van der Waals surface area (Å²) in [5, 5.41) is 2.72. The molecular formula is C28H38F5N5O3. The highest BCUT2D eigenvalue weighted by molar-refractivity contribution is 6.14. The highest BCUT2D eigenvalue weighted by Gasteiger charge is 2.34. The Kier molecular flexibility index (Phi) is 11.8. The van der Waals surface area contributed by atoms with Crippen molar-refractivity contribution in [2.45, 2.75) is 79.0 Å². The fourth-order valence-electron chi connectivity index (χ4n) is 3.97. The van der Waals surface area contributed by atoms with Gasteiger partial charge in [0.2, 0.25) is 12.3 Å². The number of nitrogens with one attached hydrogen (secondary N) is 1. The third-order valence-electron chi connectivity index (χ3n) is 5.92. The van der Waals surface area contributed by atoms with E-state index in [1.165, 1.54) is 0 Å². The predicted octanol–water partition coefficient (Wildman–Crippen LogP) is 6.43. The zero-order valence-electron chi connectivity index (χ0n) is 24.2. The van der Waals surface area contributed by atoms with Gasteiger partial charge >= 0.3 is 12.3 Å². The number of piperidine rings is 1. The number of carbonyl (C=O) groups is 2. The van der Waals surface area contributed by atoms with Gasteiger partial charge < -0.3 is 19.9 Å². The number of halogens is 5. The van der Waals surface area contributed by atoms with Crippen molar-refractivity contribution in [2.24, 2.45) is 4.99 Å². The molecule has 0 unspecified atom stereocenters. The minimum absolute atomic E-state index is 0.165. The molecule has 2 aliphatic rings. The third kappa shape index (κ3) is 10.8. The molecule has 3 rings (SSSR count). The highest BCUT2D eigenvalue weighted by atomic mass is 19.4. The van der Waals surface area contributed by atoms with Crippen LogP contribution in [-0.4, -0.2) is 65.9 Å². The van der Waals surface area contributed by atoms with Crippen LogP contribution in [0.5, 0.6) is 0 Å². The van der Waals surface area contributed by atoms with Crippen LogP contribution in [0.2, 0.25) is 0 Å². The molecule has 13 heteroatoms. The molecule has 2 amide bonds. The molecule has 0 saturated carbocycles. The molecule has 0 atom stereocenters. The van der Waals surface area contributed by atoms with Crippen molar-refractivity contribution in [3.8, 4) is 0 Å². The Morgan fingerprint density at radius 3 is 2.29 bits per heavy atom. The molecule has 1 aromatic rings. The molecule has 1 N–H and O–H groups in total. The first-order valence-electron chi connectivity index (χ1n) is 13.3. The van der Waals surface area contributed by atoms with Gasteiger partial charge in [0.25, 0.3) is 0 Å². The van der Waals surface area contributed by atoms with E-state index in [0.29, 0.717) is 49.6 Å². The number of hydrogen-bond donors (Lipinski definition) is 1. The lowest BCUT2D eigenvalue weighted by atomic mass is 9.96. The lowest BCUT2D eigenvalue weighted by molar-refractivity contribution is -0.137. The van der Waals surface area contributed by atoms with Crippen LogP contribution in [0.1, 0.15) is 72.1 Å². The van der Waals surface area contributed by atoms with Crippen LogP contribution in [0.25, 0.3) is 5.57 Å². The molecule has 1 aromatic heterocycles. The summed E-state index contributed by atoms with van der Waals surface area (Å²) in [7, 11) is 0. The summed E-state index contributed by atoms with van der Waals surface area (Å²) in [4.78, 5) is 36.5. The third-order valence-corrected chi connectivity index (χ3v) is 5.92. The maximum absolute atomic E-state index is 13.9. The number of nitrogens with zero attached hydrogens (tertiary/aromatic N) is 4. The molecule has 0 aliphatic carbocycles. The van der Waals surface area contributed by atoms with Crippen molar-refractivity contribution in [1.82, 2.24) is 15.2 Å². The fraction of sp³-hybridized carbons (Fsp3) is 0.571. The van der Waals surface area contributed by atoms with Gasteiger partial charge in [0, 0.05) is 44.4 Å². The van der Waals surface area contributed by atoms with E-state index in [4.69, 9.17) is 4.74 Å². The summed E-state index contributed by atoms with van der Waals surface area (Å²) in [6.07, 6.45) is -2.49. The van der Waals surface area contributed by atoms with E-state index in [9.17, 15) is 31.5 Å². The molecule has 2 saturated heterocycles. The second-order valence-electron chi connectivity index (χ2n) is 10.5. The Hall–Kier alpha value is -3.51. The molecule has 228 valence electrons. The van der Waals surface area contributed by atoms with E-state index in [1.54, 1.807) is 43.7 Å². The maximum Gasteiger partial charge on any atom is 0.416 e. The zero-order chi connectivity index (χ0) is 31.0. The number of ether oxygens (including phenoxy) is 1. The number of rotatable bonds is 4. The summed E-state index contributed by atoms with van der Waals surface area (Å²) in [5.41, 5.74) is -0.121. The molecule has 41 heavy (non-hydrogen) atoms. The van der Waals surface area contributed by atoms with Gasteiger partial charge in [-0.15, -0.1) is 0 Å². The van der Waals surface area contributed by atoms with E-state index in [1.807, 2.05) is 13.0 Å². The fourth-order valence-corrected chi connectivity index (χ4v) is 3.97. The number of hydrogen-bond acceptors (Lipinski definition) is 6. The smallest absolute Gasteiger partial charge is 0.416 e. The molecule has 2 fully saturated rings. The molecule has 0 radical (unpaired) electrons. The van der Waals surface area contributed by atoms with Gasteiger partial charge in [-0.05, 0) is 65.2 Å². The second-order valence-corrected chi connectivity index (χ2v) is 10.5. The van der Waals surface area contributed by atoms with Crippen LogP contribution in [0.3, 0.4) is 0 Å². The van der Waals surface area contributed by atoms with Crippen molar-refractivity contribution in [2.75, 3.05) is 31.1 Å². The molecule has 3 heterocycles. The first-order chi connectivity index (χ1) is 19.0. The topological polar surface area (TPSA) is 87.1 Å². The summed E-state index contributed by atoms with van der Waals surface area (Å²) in [6, 6.07) is 2.06. The first-order valence-corrected chi connectivity index (χ1v) is 13.3. The van der Waals surface area contributed by atoms with Gasteiger partial charge in [0.05, 0.1) is 11.3 Å². The molecule has 8 nitrogen and oxygen atoms in total. The van der Waals surface area contributed by atoms with Crippen molar-refractivity contribution in [3.05, 3.63) is 41.2 Å². The van der Waals surface area contributed by atoms with E-state index in [2.05, 4.69) is 15.3 Å². The number of aromatic nitrogens is 1. The van der Waals surface area contributed by atoms with Crippen LogP contribution >= 0.6 is 0 Å². The van der Waals surface area contributed by atoms with Crippen LogP contribution < -0.4 is 10.2 Å². The van der Waals surface area contributed by atoms with Crippen LogP contribution in [-0.2, 0) is 15.7 Å². The van der Waals surface area contributed by atoms with Crippen molar-refractivity contribution in [1.29, 1.82) is 0 Å². The standard InChI is InChI=1S/C26H34F3N5O3.C2H4F2/c1-6-7-10-30-23-19(8-9-22(35)32-23)17(2)20-15-18(26(27,28)29)16-21(31-20)33-11-13-34(14-12-33)24(36)37-25(3,4)5;1-2(3)4/h7,10,15-16H,6,8-9,11-14H2,1-5H3,(H,30,32,35);2H,1H3/b10-7+,19-17+;. The Balaban J connectivity index is 0.00000138. The van der Waals surface area contributed by atoms with Gasteiger partial charge in [0.15, 0.2) is 0 Å². The number of carbonyl (C=O) groups excluding carboxylic acids is 2. The Morgan fingerprint density at radius 1 is 1.15 bits per heavy atom. The SMILES string of the molecule is CC(F)F.CC/C=C/N=C1\NC(=O)CC\C1=C(\C)c1cc(C(F)(F)F)cc(N2CCN(C(=O)OC(C)(C)C)CC2)n1. The van der Waals surface area contributed by atoms with Crippen molar-refractivity contribution in [3.63, 3.8) is 0 Å². The average Bonchev–Trinajstić information content (AvgIpc) is 2.86. The summed E-state index contributed by atoms with van der Waals surface area (Å²) in [5.74, 6) is 0.309. The second kappa shape index (κ2) is 14.4. The highest BCUT2D eigenvalue weighted by Crippen LogP contribution is 2.34. The minimum Gasteiger partial charge on any atom is -0.444 e. The maximum atomic E-state index is 13.9. The normalized spacial score (nSPS) is 18.8. The number of amides is 2. The number of anilines is 1. The van der Waals surface area contributed by atoms with Gasteiger partial charge in [0.1, 0.15) is 17.3 Å². The number of pyridine rings is 1. The van der Waals surface area contributed by atoms with Crippen LogP contribution in [0.4, 0.5) is 32.6 Å². The van der Waals surface area contributed by atoms with Crippen molar-refractivity contribution < 1.29 is 36.3 Å². The lowest BCUT2D eigenvalue weighted by Gasteiger charge is -2.36. The predicted molar refractivity (Wildman–Crippen MR) is 148 cm³/mol. The lowest BCUT2D eigenvalue weighted by Crippen LogP contribution is -2.50. The number of amidine groups is 1. The number of piperazine rings is 1. The van der Waals surface area contributed by atoms with E-state index in [-0.39, 0.29) is 23.8 Å². The molecule has 0 spiro atoms. The number of allylic oxidation sites excluding steroid dienone is 2. The van der Waals surface area contributed by atoms with Crippen LogP contribution in [0, 0.1) is 0 Å². The molecular weight excluding hydrogens is 549 g/mol. The van der Waals surface area contributed by atoms with Gasteiger partial charge in [-0.2, -0.15) is 13.2 Å². The first kappa shape index (κ1) is 33.7. The van der Waals surface area contributed by atoms with Crippen molar-refractivity contribution >= 4 is 29.2 Å².